The molecule has 2 rings (SSSR count). The van der Waals surface area contributed by atoms with Gasteiger partial charge in [-0.15, -0.1) is 0 Å². The SMILES string of the molecule is CCCNC(=O)CNC(=O)c1nn(CC(C)C)c(=O)c2ccccc12. The molecule has 7 nitrogen and oxygen atoms in total. The lowest BCUT2D eigenvalue weighted by Gasteiger charge is -2.12. The summed E-state index contributed by atoms with van der Waals surface area (Å²) in [6.45, 7) is 6.75. The lowest BCUT2D eigenvalue weighted by molar-refractivity contribution is -0.120. The van der Waals surface area contributed by atoms with Crippen LogP contribution in [0.4, 0.5) is 0 Å². The van der Waals surface area contributed by atoms with Crippen molar-refractivity contribution in [1.82, 2.24) is 20.4 Å². The van der Waals surface area contributed by atoms with Crippen LogP contribution < -0.4 is 16.2 Å². The molecule has 2 amide bonds. The van der Waals surface area contributed by atoms with E-state index in [9.17, 15) is 14.4 Å². The Morgan fingerprint density at radius 2 is 1.84 bits per heavy atom. The van der Waals surface area contributed by atoms with Crippen molar-refractivity contribution in [2.24, 2.45) is 5.92 Å². The summed E-state index contributed by atoms with van der Waals surface area (Å²) in [6.07, 6.45) is 0.825. The number of hydrogen-bond donors (Lipinski definition) is 2. The maximum atomic E-state index is 12.5. The molecule has 2 N–H and O–H groups in total. The number of nitrogens with one attached hydrogen (secondary N) is 2. The predicted octanol–water partition coefficient (Wildman–Crippen LogP) is 1.31. The van der Waals surface area contributed by atoms with E-state index in [1.807, 2.05) is 20.8 Å². The summed E-state index contributed by atoms with van der Waals surface area (Å²) in [5.41, 5.74) is -0.0688. The minimum atomic E-state index is -0.472. The third-order valence-corrected chi connectivity index (χ3v) is 3.60. The molecule has 0 atom stereocenters. The number of benzene rings is 1. The molecule has 0 aliphatic carbocycles. The summed E-state index contributed by atoms with van der Waals surface area (Å²) in [5.74, 6) is -0.516. The summed E-state index contributed by atoms with van der Waals surface area (Å²) in [4.78, 5) is 36.7. The Hall–Kier alpha value is -2.70. The number of carbonyl (C=O) groups is 2. The van der Waals surface area contributed by atoms with Gasteiger partial charge in [0, 0.05) is 18.5 Å². The van der Waals surface area contributed by atoms with Gasteiger partial charge in [-0.3, -0.25) is 14.4 Å². The van der Waals surface area contributed by atoms with Crippen LogP contribution in [0.2, 0.25) is 0 Å². The first-order valence-electron chi connectivity index (χ1n) is 8.48. The van der Waals surface area contributed by atoms with Crippen molar-refractivity contribution in [3.63, 3.8) is 0 Å². The fourth-order valence-corrected chi connectivity index (χ4v) is 2.44. The molecule has 134 valence electrons. The fraction of sp³-hybridized carbons (Fsp3) is 0.444. The van der Waals surface area contributed by atoms with Crippen LogP contribution in [0.1, 0.15) is 37.7 Å². The highest BCUT2D eigenvalue weighted by Crippen LogP contribution is 2.13. The zero-order valence-electron chi connectivity index (χ0n) is 14.8. The van der Waals surface area contributed by atoms with E-state index in [1.54, 1.807) is 24.3 Å². The summed E-state index contributed by atoms with van der Waals surface area (Å²) in [5, 5.41) is 10.4. The molecule has 25 heavy (non-hydrogen) atoms. The van der Waals surface area contributed by atoms with Gasteiger partial charge in [0.25, 0.3) is 11.5 Å². The van der Waals surface area contributed by atoms with Gasteiger partial charge < -0.3 is 10.6 Å². The molecular weight excluding hydrogens is 320 g/mol. The maximum absolute atomic E-state index is 12.5. The molecule has 0 aliphatic heterocycles. The van der Waals surface area contributed by atoms with Crippen LogP contribution in [-0.2, 0) is 11.3 Å². The molecular formula is C18H24N4O3. The Labute approximate surface area is 146 Å². The number of nitrogens with zero attached hydrogens (tertiary/aromatic N) is 2. The Kier molecular flexibility index (Phi) is 6.27. The molecule has 1 heterocycles. The van der Waals surface area contributed by atoms with E-state index < -0.39 is 5.91 Å². The van der Waals surface area contributed by atoms with Crippen LogP contribution in [0.15, 0.2) is 29.1 Å². The minimum absolute atomic E-state index is 0.127. The second kappa shape index (κ2) is 8.41. The Morgan fingerprint density at radius 1 is 1.16 bits per heavy atom. The number of hydrogen-bond acceptors (Lipinski definition) is 4. The first-order valence-corrected chi connectivity index (χ1v) is 8.48. The molecule has 0 bridgehead atoms. The van der Waals surface area contributed by atoms with Crippen molar-refractivity contribution in [3.8, 4) is 0 Å². The summed E-state index contributed by atoms with van der Waals surface area (Å²) in [7, 11) is 0. The van der Waals surface area contributed by atoms with Crippen LogP contribution >= 0.6 is 0 Å². The summed E-state index contributed by atoms with van der Waals surface area (Å²) in [6, 6.07) is 6.88. The average Bonchev–Trinajstić information content (AvgIpc) is 2.60. The zero-order chi connectivity index (χ0) is 18.4. The van der Waals surface area contributed by atoms with Crippen molar-refractivity contribution in [3.05, 3.63) is 40.3 Å². The zero-order valence-corrected chi connectivity index (χ0v) is 14.8. The standard InChI is InChI=1S/C18H24N4O3/c1-4-9-19-15(23)10-20-17(24)16-13-7-5-6-8-14(13)18(25)22(21-16)11-12(2)3/h5-8,12H,4,9-11H2,1-3H3,(H,19,23)(H,20,24). The van der Waals surface area contributed by atoms with Gasteiger partial charge in [0.05, 0.1) is 11.9 Å². The first-order chi connectivity index (χ1) is 11.9. The minimum Gasteiger partial charge on any atom is -0.355 e. The van der Waals surface area contributed by atoms with Crippen molar-refractivity contribution in [2.45, 2.75) is 33.7 Å². The molecule has 0 saturated carbocycles. The normalized spacial score (nSPS) is 10.9. The topological polar surface area (TPSA) is 93.1 Å². The molecule has 0 fully saturated rings. The van der Waals surface area contributed by atoms with Crippen LogP contribution in [0.3, 0.4) is 0 Å². The summed E-state index contributed by atoms with van der Waals surface area (Å²) < 4.78 is 1.32. The van der Waals surface area contributed by atoms with Gasteiger partial charge in [-0.2, -0.15) is 5.10 Å². The number of aromatic nitrogens is 2. The Balaban J connectivity index is 2.32. The van der Waals surface area contributed by atoms with Crippen molar-refractivity contribution in [1.29, 1.82) is 0 Å². The van der Waals surface area contributed by atoms with Crippen LogP contribution in [0.25, 0.3) is 10.8 Å². The van der Waals surface area contributed by atoms with Crippen molar-refractivity contribution >= 4 is 22.6 Å². The predicted molar refractivity (Wildman–Crippen MR) is 96.5 cm³/mol. The lowest BCUT2D eigenvalue weighted by Crippen LogP contribution is -2.38. The van der Waals surface area contributed by atoms with Gasteiger partial charge >= 0.3 is 0 Å². The van der Waals surface area contributed by atoms with E-state index in [-0.39, 0.29) is 29.6 Å². The second-order valence-electron chi connectivity index (χ2n) is 6.31. The van der Waals surface area contributed by atoms with Gasteiger partial charge in [-0.1, -0.05) is 39.0 Å². The molecule has 1 aromatic carbocycles. The highest BCUT2D eigenvalue weighted by Gasteiger charge is 2.17. The second-order valence-corrected chi connectivity index (χ2v) is 6.31. The van der Waals surface area contributed by atoms with Crippen LogP contribution in [0.5, 0.6) is 0 Å². The molecule has 0 radical (unpaired) electrons. The molecule has 0 saturated heterocycles. The van der Waals surface area contributed by atoms with Crippen molar-refractivity contribution in [2.75, 3.05) is 13.1 Å². The molecule has 0 spiro atoms. The third-order valence-electron chi connectivity index (χ3n) is 3.60. The van der Waals surface area contributed by atoms with Gasteiger partial charge in [0.2, 0.25) is 5.91 Å². The summed E-state index contributed by atoms with van der Waals surface area (Å²) >= 11 is 0. The van der Waals surface area contributed by atoms with Gasteiger partial charge in [-0.25, -0.2) is 4.68 Å². The molecule has 1 aromatic heterocycles. The highest BCUT2D eigenvalue weighted by atomic mass is 16.2. The number of amides is 2. The van der Waals surface area contributed by atoms with E-state index >= 15 is 0 Å². The average molecular weight is 344 g/mol. The monoisotopic (exact) mass is 344 g/mol. The lowest BCUT2D eigenvalue weighted by atomic mass is 10.1. The Bertz CT molecular complexity index is 827. The van der Waals surface area contributed by atoms with E-state index in [4.69, 9.17) is 0 Å². The fourth-order valence-electron chi connectivity index (χ4n) is 2.44. The highest BCUT2D eigenvalue weighted by molar-refractivity contribution is 6.05. The number of fused-ring (bicyclic) bond motifs is 1. The van der Waals surface area contributed by atoms with E-state index in [1.165, 1.54) is 4.68 Å². The Morgan fingerprint density at radius 3 is 2.48 bits per heavy atom. The van der Waals surface area contributed by atoms with E-state index in [2.05, 4.69) is 15.7 Å². The van der Waals surface area contributed by atoms with Gasteiger partial charge in [0.15, 0.2) is 5.69 Å². The quantitative estimate of drug-likeness (QED) is 0.792. The molecule has 0 unspecified atom stereocenters. The number of carbonyl (C=O) groups excluding carboxylic acids is 2. The van der Waals surface area contributed by atoms with Gasteiger partial charge in [0.1, 0.15) is 0 Å². The van der Waals surface area contributed by atoms with Crippen molar-refractivity contribution < 1.29 is 9.59 Å². The molecule has 2 aromatic rings. The first kappa shape index (κ1) is 18.6. The van der Waals surface area contributed by atoms with Gasteiger partial charge in [-0.05, 0) is 18.4 Å². The van der Waals surface area contributed by atoms with Crippen LogP contribution in [-0.4, -0.2) is 34.7 Å². The van der Waals surface area contributed by atoms with E-state index in [0.717, 1.165) is 6.42 Å². The third kappa shape index (κ3) is 4.65. The molecule has 0 aliphatic rings. The number of rotatable bonds is 7. The molecule has 7 heteroatoms. The largest absolute Gasteiger partial charge is 0.355 e. The maximum Gasteiger partial charge on any atom is 0.274 e. The van der Waals surface area contributed by atoms with Crippen LogP contribution in [0, 0.1) is 5.92 Å². The van der Waals surface area contributed by atoms with E-state index in [0.29, 0.717) is 23.9 Å². The smallest absolute Gasteiger partial charge is 0.274 e.